The van der Waals surface area contributed by atoms with E-state index in [-0.39, 0.29) is 12.0 Å². The zero-order valence-corrected chi connectivity index (χ0v) is 18.7. The van der Waals surface area contributed by atoms with Crippen LogP contribution in [0.15, 0.2) is 42.5 Å². The Morgan fingerprint density at radius 2 is 1.81 bits per heavy atom. The van der Waals surface area contributed by atoms with Crippen LogP contribution in [0.4, 0.5) is 0 Å². The zero-order valence-electron chi connectivity index (χ0n) is 18.7. The topological polar surface area (TPSA) is 51.2 Å². The number of piperidine rings is 1. The van der Waals surface area contributed by atoms with E-state index in [9.17, 15) is 4.79 Å². The second-order valence-electron chi connectivity index (χ2n) is 8.51. The highest BCUT2D eigenvalue weighted by atomic mass is 16.5. The highest BCUT2D eigenvalue weighted by Crippen LogP contribution is 2.33. The molecule has 0 aliphatic carbocycles. The molecule has 6 nitrogen and oxygen atoms in total. The smallest absolute Gasteiger partial charge is 0.219 e. The van der Waals surface area contributed by atoms with Gasteiger partial charge in [0.25, 0.3) is 0 Å². The number of hydrogen-bond acceptors (Lipinski definition) is 5. The van der Waals surface area contributed by atoms with Crippen molar-refractivity contribution in [3.05, 3.63) is 53.6 Å². The summed E-state index contributed by atoms with van der Waals surface area (Å²) in [7, 11) is 3.35. The molecule has 1 amide bonds. The summed E-state index contributed by atoms with van der Waals surface area (Å²) in [4.78, 5) is 16.7. The Bertz CT molecular complexity index is 899. The Morgan fingerprint density at radius 1 is 1.06 bits per heavy atom. The quantitative estimate of drug-likeness (QED) is 0.732. The average Bonchev–Trinajstić information content (AvgIpc) is 2.99. The van der Waals surface area contributed by atoms with Gasteiger partial charge in [0.05, 0.1) is 20.8 Å². The van der Waals surface area contributed by atoms with E-state index in [2.05, 4.69) is 17.0 Å². The Balaban J connectivity index is 1.48. The van der Waals surface area contributed by atoms with Gasteiger partial charge in [0.1, 0.15) is 23.4 Å². The van der Waals surface area contributed by atoms with E-state index in [1.807, 2.05) is 35.2 Å². The van der Waals surface area contributed by atoms with E-state index < -0.39 is 0 Å². The molecule has 2 aromatic rings. The molecule has 2 aliphatic heterocycles. The van der Waals surface area contributed by atoms with Crippen molar-refractivity contribution < 1.29 is 19.0 Å². The molecule has 2 aliphatic rings. The van der Waals surface area contributed by atoms with Crippen molar-refractivity contribution in [2.75, 3.05) is 33.9 Å². The number of benzene rings is 2. The van der Waals surface area contributed by atoms with E-state index in [1.165, 1.54) is 5.56 Å². The molecule has 166 valence electrons. The minimum atomic E-state index is -0.0165. The SMILES string of the molecule is COc1ccc(CN2CCCC(C3CN(C(C)=O)Cc4cc(OC)ccc4O3)C2)cc1. The second kappa shape index (κ2) is 9.60. The van der Waals surface area contributed by atoms with Gasteiger partial charge in [-0.1, -0.05) is 12.1 Å². The van der Waals surface area contributed by atoms with Gasteiger partial charge in [0.15, 0.2) is 0 Å². The van der Waals surface area contributed by atoms with Crippen LogP contribution >= 0.6 is 0 Å². The highest BCUT2D eigenvalue weighted by Gasteiger charge is 2.33. The first-order chi connectivity index (χ1) is 15.1. The van der Waals surface area contributed by atoms with Crippen LogP contribution in [-0.4, -0.2) is 55.7 Å². The van der Waals surface area contributed by atoms with E-state index in [0.717, 1.165) is 55.3 Å². The molecule has 1 saturated heterocycles. The van der Waals surface area contributed by atoms with Crippen molar-refractivity contribution in [1.29, 1.82) is 0 Å². The van der Waals surface area contributed by atoms with Gasteiger partial charge in [-0.3, -0.25) is 9.69 Å². The first-order valence-corrected chi connectivity index (χ1v) is 11.0. The van der Waals surface area contributed by atoms with Crippen LogP contribution < -0.4 is 14.2 Å². The number of hydrogen-bond donors (Lipinski definition) is 0. The molecule has 1 fully saturated rings. The number of amides is 1. The van der Waals surface area contributed by atoms with Crippen molar-refractivity contribution in [3.8, 4) is 17.2 Å². The van der Waals surface area contributed by atoms with Crippen LogP contribution in [0, 0.1) is 5.92 Å². The largest absolute Gasteiger partial charge is 0.497 e. The number of likely N-dealkylation sites (tertiary alicyclic amines) is 1. The maximum Gasteiger partial charge on any atom is 0.219 e. The van der Waals surface area contributed by atoms with Crippen molar-refractivity contribution >= 4 is 5.91 Å². The van der Waals surface area contributed by atoms with E-state index in [1.54, 1.807) is 21.1 Å². The third-order valence-electron chi connectivity index (χ3n) is 6.39. The summed E-state index contributed by atoms with van der Waals surface area (Å²) in [6.45, 7) is 5.78. The maximum atomic E-state index is 12.3. The molecule has 2 atom stereocenters. The van der Waals surface area contributed by atoms with Crippen LogP contribution in [0.2, 0.25) is 0 Å². The predicted octanol–water partition coefficient (Wildman–Crippen LogP) is 3.73. The number of ether oxygens (including phenoxy) is 3. The highest BCUT2D eigenvalue weighted by molar-refractivity contribution is 5.73. The lowest BCUT2D eigenvalue weighted by Gasteiger charge is -2.37. The molecule has 0 spiro atoms. The van der Waals surface area contributed by atoms with Crippen molar-refractivity contribution in [2.45, 2.75) is 39.0 Å². The van der Waals surface area contributed by atoms with Crippen LogP contribution in [0.1, 0.15) is 30.9 Å². The first-order valence-electron chi connectivity index (χ1n) is 11.0. The first kappa shape index (κ1) is 21.5. The molecule has 4 rings (SSSR count). The zero-order chi connectivity index (χ0) is 21.8. The molecule has 0 radical (unpaired) electrons. The predicted molar refractivity (Wildman–Crippen MR) is 119 cm³/mol. The monoisotopic (exact) mass is 424 g/mol. The Hall–Kier alpha value is -2.73. The molecule has 6 heteroatoms. The number of methoxy groups -OCH3 is 2. The molecule has 0 saturated carbocycles. The molecule has 0 N–H and O–H groups in total. The average molecular weight is 425 g/mol. The Morgan fingerprint density at radius 3 is 2.52 bits per heavy atom. The van der Waals surface area contributed by atoms with Crippen LogP contribution in [0.3, 0.4) is 0 Å². The van der Waals surface area contributed by atoms with Crippen molar-refractivity contribution in [2.24, 2.45) is 5.92 Å². The van der Waals surface area contributed by atoms with Gasteiger partial charge in [-0.2, -0.15) is 0 Å². The number of carbonyl (C=O) groups is 1. The fourth-order valence-electron chi connectivity index (χ4n) is 4.62. The minimum absolute atomic E-state index is 0.0165. The second-order valence-corrected chi connectivity index (χ2v) is 8.51. The van der Waals surface area contributed by atoms with E-state index in [0.29, 0.717) is 19.0 Å². The number of nitrogens with zero attached hydrogens (tertiary/aromatic N) is 2. The molecule has 2 unspecified atom stereocenters. The van der Waals surface area contributed by atoms with Gasteiger partial charge >= 0.3 is 0 Å². The van der Waals surface area contributed by atoms with Gasteiger partial charge in [0.2, 0.25) is 5.91 Å². The molecular weight excluding hydrogens is 392 g/mol. The summed E-state index contributed by atoms with van der Waals surface area (Å²) in [5.74, 6) is 2.98. The Labute approximate surface area is 184 Å². The summed E-state index contributed by atoms with van der Waals surface area (Å²) < 4.78 is 17.2. The maximum absolute atomic E-state index is 12.3. The minimum Gasteiger partial charge on any atom is -0.497 e. The van der Waals surface area contributed by atoms with E-state index >= 15 is 0 Å². The van der Waals surface area contributed by atoms with Gasteiger partial charge < -0.3 is 19.1 Å². The third-order valence-corrected chi connectivity index (χ3v) is 6.39. The lowest BCUT2D eigenvalue weighted by atomic mass is 9.91. The summed E-state index contributed by atoms with van der Waals surface area (Å²) in [5.41, 5.74) is 2.29. The molecule has 2 aromatic carbocycles. The van der Waals surface area contributed by atoms with Gasteiger partial charge in [0, 0.05) is 38.0 Å². The molecule has 2 heterocycles. The van der Waals surface area contributed by atoms with Gasteiger partial charge in [-0.25, -0.2) is 0 Å². The van der Waals surface area contributed by atoms with Gasteiger partial charge in [-0.05, 0) is 55.3 Å². The number of carbonyl (C=O) groups excluding carboxylic acids is 1. The molecule has 31 heavy (non-hydrogen) atoms. The fraction of sp³-hybridized carbons (Fsp3) is 0.480. The van der Waals surface area contributed by atoms with Crippen LogP contribution in [0.25, 0.3) is 0 Å². The molecule has 0 bridgehead atoms. The summed E-state index contributed by atoms with van der Waals surface area (Å²) in [6.07, 6.45) is 2.23. The summed E-state index contributed by atoms with van der Waals surface area (Å²) in [5, 5.41) is 0. The molecular formula is C25H32N2O4. The van der Waals surface area contributed by atoms with E-state index in [4.69, 9.17) is 14.2 Å². The molecule has 0 aromatic heterocycles. The standard InChI is InChI=1S/C25H32N2O4/c1-18(28)27-16-21-13-23(30-3)10-11-24(21)31-25(17-27)20-5-4-12-26(15-20)14-19-6-8-22(29-2)9-7-19/h6-11,13,20,25H,4-5,12,14-17H2,1-3H3. The number of fused-ring (bicyclic) bond motifs is 1. The fourth-order valence-corrected chi connectivity index (χ4v) is 4.62. The van der Waals surface area contributed by atoms with Crippen LogP contribution in [-0.2, 0) is 17.9 Å². The van der Waals surface area contributed by atoms with Crippen molar-refractivity contribution in [3.63, 3.8) is 0 Å². The summed E-state index contributed by atoms with van der Waals surface area (Å²) in [6, 6.07) is 14.2. The third kappa shape index (κ3) is 5.13. The normalized spacial score (nSPS) is 21.6. The number of rotatable bonds is 5. The van der Waals surface area contributed by atoms with Gasteiger partial charge in [-0.15, -0.1) is 0 Å². The van der Waals surface area contributed by atoms with Crippen molar-refractivity contribution in [1.82, 2.24) is 9.80 Å². The van der Waals surface area contributed by atoms with Crippen LogP contribution in [0.5, 0.6) is 17.2 Å². The summed E-state index contributed by atoms with van der Waals surface area (Å²) >= 11 is 0. The lowest BCUT2D eigenvalue weighted by Crippen LogP contribution is -2.46. The lowest BCUT2D eigenvalue weighted by molar-refractivity contribution is -0.130. The Kier molecular flexibility index (Phi) is 6.66.